The van der Waals surface area contributed by atoms with Crippen LogP contribution in [0.3, 0.4) is 0 Å². The van der Waals surface area contributed by atoms with Gasteiger partial charge < -0.3 is 19.0 Å². The number of nitrogens with one attached hydrogen (secondary N) is 1. The number of hydrogen-bond acceptors (Lipinski definition) is 7. The molecule has 3 rings (SSSR count). The molecule has 1 amide bonds. The van der Waals surface area contributed by atoms with E-state index in [0.717, 1.165) is 11.1 Å². The molecular formula is C27H26N2O6S. The Labute approximate surface area is 210 Å². The first-order valence-corrected chi connectivity index (χ1v) is 12.4. The molecule has 0 spiro atoms. The average molecular weight is 507 g/mol. The summed E-state index contributed by atoms with van der Waals surface area (Å²) in [7, 11) is -2.66. The lowest BCUT2D eigenvalue weighted by atomic mass is 10.1. The standard InChI is InChI=1S/C27H26N2O6S/c1-5-34-26-16-20(15-21(17-28)27(30)29-24-14-18(2)6-7-19(24)3)8-13-25(26)35-36(31,32)23-11-9-22(33-4)10-12-23/h6-16H,5H2,1-4H3,(H,29,30)/b21-15+. The average Bonchev–Trinajstić information content (AvgIpc) is 2.86. The Morgan fingerprint density at radius 2 is 1.75 bits per heavy atom. The van der Waals surface area contributed by atoms with Gasteiger partial charge >= 0.3 is 10.1 Å². The van der Waals surface area contributed by atoms with Gasteiger partial charge in [-0.3, -0.25) is 4.79 Å². The Hall–Kier alpha value is -4.29. The minimum Gasteiger partial charge on any atom is -0.497 e. The van der Waals surface area contributed by atoms with Crippen molar-refractivity contribution in [3.05, 3.63) is 82.9 Å². The zero-order chi connectivity index (χ0) is 26.3. The molecule has 0 saturated heterocycles. The van der Waals surface area contributed by atoms with Crippen LogP contribution in [0.1, 0.15) is 23.6 Å². The summed E-state index contributed by atoms with van der Waals surface area (Å²) in [6, 6.07) is 17.8. The number of hydrogen-bond donors (Lipinski definition) is 1. The van der Waals surface area contributed by atoms with Crippen LogP contribution in [0.2, 0.25) is 0 Å². The molecule has 0 aliphatic carbocycles. The maximum Gasteiger partial charge on any atom is 0.339 e. The van der Waals surface area contributed by atoms with Gasteiger partial charge in [-0.25, -0.2) is 0 Å². The third-order valence-electron chi connectivity index (χ3n) is 5.13. The number of aryl methyl sites for hydroxylation is 2. The summed E-state index contributed by atoms with van der Waals surface area (Å²) in [4.78, 5) is 12.7. The third-order valence-corrected chi connectivity index (χ3v) is 6.38. The van der Waals surface area contributed by atoms with Crippen molar-refractivity contribution in [3.63, 3.8) is 0 Å². The van der Waals surface area contributed by atoms with Crippen LogP contribution in [-0.4, -0.2) is 28.0 Å². The van der Waals surface area contributed by atoms with Crippen molar-refractivity contribution in [2.45, 2.75) is 25.7 Å². The number of carbonyl (C=O) groups excluding carboxylic acids is 1. The van der Waals surface area contributed by atoms with Crippen LogP contribution in [0.5, 0.6) is 17.2 Å². The normalized spacial score (nSPS) is 11.4. The molecule has 1 N–H and O–H groups in total. The second-order valence-electron chi connectivity index (χ2n) is 7.79. The molecule has 3 aromatic carbocycles. The number of nitrogens with zero attached hydrogens (tertiary/aromatic N) is 1. The van der Waals surface area contributed by atoms with Crippen LogP contribution in [0.4, 0.5) is 5.69 Å². The fourth-order valence-electron chi connectivity index (χ4n) is 3.24. The first kappa shape index (κ1) is 26.3. The van der Waals surface area contributed by atoms with E-state index in [4.69, 9.17) is 13.7 Å². The molecule has 0 aliphatic heterocycles. The van der Waals surface area contributed by atoms with Gasteiger partial charge in [0.25, 0.3) is 5.91 Å². The molecule has 186 valence electrons. The summed E-state index contributed by atoms with van der Waals surface area (Å²) in [5, 5.41) is 12.3. The molecule has 0 fully saturated rings. The highest BCUT2D eigenvalue weighted by Gasteiger charge is 2.20. The van der Waals surface area contributed by atoms with Gasteiger partial charge in [-0.2, -0.15) is 13.7 Å². The highest BCUT2D eigenvalue weighted by molar-refractivity contribution is 7.87. The maximum atomic E-state index is 12.8. The Morgan fingerprint density at radius 3 is 2.39 bits per heavy atom. The van der Waals surface area contributed by atoms with Crippen LogP contribution >= 0.6 is 0 Å². The summed E-state index contributed by atoms with van der Waals surface area (Å²) in [5.41, 5.74) is 2.78. The van der Waals surface area contributed by atoms with Crippen LogP contribution < -0.4 is 19.0 Å². The van der Waals surface area contributed by atoms with Crippen LogP contribution in [0.25, 0.3) is 6.08 Å². The highest BCUT2D eigenvalue weighted by Crippen LogP contribution is 2.32. The number of amides is 1. The van der Waals surface area contributed by atoms with Gasteiger partial charge in [-0.05, 0) is 86.0 Å². The largest absolute Gasteiger partial charge is 0.497 e. The topological polar surface area (TPSA) is 115 Å². The SMILES string of the molecule is CCOc1cc(/C=C(\C#N)C(=O)Nc2cc(C)ccc2C)ccc1OS(=O)(=O)c1ccc(OC)cc1. The van der Waals surface area contributed by atoms with E-state index in [0.29, 0.717) is 17.0 Å². The second-order valence-corrected chi connectivity index (χ2v) is 9.34. The molecule has 0 bridgehead atoms. The lowest BCUT2D eigenvalue weighted by molar-refractivity contribution is -0.112. The van der Waals surface area contributed by atoms with Crippen LogP contribution in [0, 0.1) is 25.2 Å². The van der Waals surface area contributed by atoms with Crippen molar-refractivity contribution < 1.29 is 26.9 Å². The van der Waals surface area contributed by atoms with Crippen LogP contribution in [-0.2, 0) is 14.9 Å². The maximum absolute atomic E-state index is 12.8. The summed E-state index contributed by atoms with van der Waals surface area (Å²) >= 11 is 0. The predicted octanol–water partition coefficient (Wildman–Crippen LogP) is 5.02. The first-order chi connectivity index (χ1) is 17.2. The number of ether oxygens (including phenoxy) is 2. The van der Waals surface area contributed by atoms with Crippen molar-refractivity contribution in [2.75, 3.05) is 19.0 Å². The summed E-state index contributed by atoms with van der Waals surface area (Å²) in [6.07, 6.45) is 1.39. The molecule has 0 atom stereocenters. The molecule has 3 aromatic rings. The number of methoxy groups -OCH3 is 1. The Morgan fingerprint density at radius 1 is 1.03 bits per heavy atom. The van der Waals surface area contributed by atoms with Crippen molar-refractivity contribution in [1.82, 2.24) is 0 Å². The van der Waals surface area contributed by atoms with Gasteiger partial charge in [-0.1, -0.05) is 18.2 Å². The smallest absolute Gasteiger partial charge is 0.339 e. The zero-order valence-electron chi connectivity index (χ0n) is 20.4. The van der Waals surface area contributed by atoms with Crippen molar-refractivity contribution in [1.29, 1.82) is 5.26 Å². The van der Waals surface area contributed by atoms with E-state index in [2.05, 4.69) is 5.32 Å². The molecule has 0 heterocycles. The lowest BCUT2D eigenvalue weighted by Crippen LogP contribution is -2.14. The van der Waals surface area contributed by atoms with E-state index < -0.39 is 16.0 Å². The van der Waals surface area contributed by atoms with Gasteiger partial charge in [-0.15, -0.1) is 0 Å². The number of carbonyl (C=O) groups is 1. The van der Waals surface area contributed by atoms with Gasteiger partial charge in [0, 0.05) is 5.69 Å². The zero-order valence-corrected chi connectivity index (χ0v) is 21.2. The molecule has 36 heavy (non-hydrogen) atoms. The van der Waals surface area contributed by atoms with Gasteiger partial charge in [0.1, 0.15) is 22.3 Å². The van der Waals surface area contributed by atoms with Gasteiger partial charge in [0.2, 0.25) is 0 Å². The fraction of sp³-hybridized carbons (Fsp3) is 0.185. The van der Waals surface area contributed by atoms with Crippen molar-refractivity contribution in [2.24, 2.45) is 0 Å². The van der Waals surface area contributed by atoms with E-state index >= 15 is 0 Å². The Bertz CT molecular complexity index is 1440. The van der Waals surface area contributed by atoms with Gasteiger partial charge in [0.05, 0.1) is 13.7 Å². The molecule has 8 nitrogen and oxygen atoms in total. The Kier molecular flexibility index (Phi) is 8.35. The molecule has 9 heteroatoms. The quantitative estimate of drug-likeness (QED) is 0.246. The van der Waals surface area contributed by atoms with E-state index in [1.165, 1.54) is 55.7 Å². The minimum absolute atomic E-state index is 0.0248. The molecule has 0 aromatic heterocycles. The fourth-order valence-corrected chi connectivity index (χ4v) is 4.18. The first-order valence-electron chi connectivity index (χ1n) is 11.0. The van der Waals surface area contributed by atoms with Crippen molar-refractivity contribution in [3.8, 4) is 23.3 Å². The number of nitriles is 1. The summed E-state index contributed by atoms with van der Waals surface area (Å²) < 4.78 is 41.5. The lowest BCUT2D eigenvalue weighted by Gasteiger charge is -2.13. The summed E-state index contributed by atoms with van der Waals surface area (Å²) in [5.74, 6) is 0.0697. The van der Waals surface area contributed by atoms with E-state index in [1.807, 2.05) is 38.1 Å². The van der Waals surface area contributed by atoms with E-state index in [9.17, 15) is 18.5 Å². The highest BCUT2D eigenvalue weighted by atomic mass is 32.2. The summed E-state index contributed by atoms with van der Waals surface area (Å²) in [6.45, 7) is 5.74. The van der Waals surface area contributed by atoms with Gasteiger partial charge in [0.15, 0.2) is 11.5 Å². The van der Waals surface area contributed by atoms with E-state index in [1.54, 1.807) is 6.92 Å². The predicted molar refractivity (Wildman–Crippen MR) is 137 cm³/mol. The van der Waals surface area contributed by atoms with Crippen LogP contribution in [0.15, 0.2) is 71.1 Å². The molecule has 0 radical (unpaired) electrons. The molecular weight excluding hydrogens is 480 g/mol. The number of benzene rings is 3. The van der Waals surface area contributed by atoms with E-state index in [-0.39, 0.29) is 28.6 Å². The monoisotopic (exact) mass is 506 g/mol. The number of anilines is 1. The third kappa shape index (κ3) is 6.43. The molecule has 0 unspecified atom stereocenters. The Balaban J connectivity index is 1.88. The number of rotatable bonds is 9. The minimum atomic E-state index is -4.14. The molecule has 0 saturated carbocycles. The van der Waals surface area contributed by atoms with Crippen molar-refractivity contribution >= 4 is 27.8 Å². The molecule has 0 aliphatic rings. The second kappa shape index (κ2) is 11.4.